The number of aromatic nitrogens is 5. The summed E-state index contributed by atoms with van der Waals surface area (Å²) < 4.78 is 14.5. The molecule has 8 nitrogen and oxygen atoms in total. The minimum Gasteiger partial charge on any atom is -0.497 e. The van der Waals surface area contributed by atoms with Crippen LogP contribution in [0.5, 0.6) is 11.5 Å². The summed E-state index contributed by atoms with van der Waals surface area (Å²) in [5, 5.41) is 19.6. The molecule has 2 aromatic heterocycles. The molecule has 206 valence electrons. The van der Waals surface area contributed by atoms with Crippen molar-refractivity contribution in [3.8, 4) is 51.1 Å². The molecule has 4 aromatic carbocycles. The molecule has 0 saturated carbocycles. The van der Waals surface area contributed by atoms with Gasteiger partial charge in [-0.15, -0.1) is 10.2 Å². The standard InChI is InChI=1S/C33H26N6O2S/c1-40-27-16-10-23(11-17-27)29-20-31(24-12-18-28(41-2)19-13-24)38(36-29)26-14-8-25(9-15-26)32-34-35-33-39(32)37-30(21-42-33)22-6-4-3-5-7-22/h3-20H,21H2,1-2H3. The molecule has 0 atom stereocenters. The summed E-state index contributed by atoms with van der Waals surface area (Å²) >= 11 is 1.64. The van der Waals surface area contributed by atoms with Gasteiger partial charge in [0.25, 0.3) is 0 Å². The van der Waals surface area contributed by atoms with Gasteiger partial charge in [0.2, 0.25) is 5.16 Å². The van der Waals surface area contributed by atoms with Gasteiger partial charge in [-0.25, -0.2) is 4.68 Å². The van der Waals surface area contributed by atoms with Gasteiger partial charge in [-0.05, 0) is 84.4 Å². The lowest BCUT2D eigenvalue weighted by Gasteiger charge is -2.14. The number of benzene rings is 4. The Bertz CT molecular complexity index is 1880. The van der Waals surface area contributed by atoms with Crippen molar-refractivity contribution < 1.29 is 9.47 Å². The molecule has 6 aromatic rings. The zero-order valence-electron chi connectivity index (χ0n) is 23.0. The molecule has 0 unspecified atom stereocenters. The maximum atomic E-state index is 5.38. The number of fused-ring (bicyclic) bond motifs is 1. The molecular weight excluding hydrogens is 544 g/mol. The summed E-state index contributed by atoms with van der Waals surface area (Å²) in [6, 6.07) is 36.4. The number of nitrogens with zero attached hydrogens (tertiary/aromatic N) is 6. The van der Waals surface area contributed by atoms with E-state index in [9.17, 15) is 0 Å². The molecule has 0 aliphatic carbocycles. The van der Waals surface area contributed by atoms with Gasteiger partial charge < -0.3 is 9.47 Å². The quantitative estimate of drug-likeness (QED) is 0.209. The van der Waals surface area contributed by atoms with Gasteiger partial charge in [-0.2, -0.15) is 14.9 Å². The highest BCUT2D eigenvalue weighted by atomic mass is 32.2. The fraction of sp³-hybridized carbons (Fsp3) is 0.0909. The van der Waals surface area contributed by atoms with Crippen LogP contribution in [-0.4, -0.2) is 50.3 Å². The highest BCUT2D eigenvalue weighted by Gasteiger charge is 2.21. The lowest BCUT2D eigenvalue weighted by molar-refractivity contribution is 0.414. The van der Waals surface area contributed by atoms with Crippen LogP contribution in [0, 0.1) is 0 Å². The first kappa shape index (κ1) is 25.8. The molecule has 0 saturated heterocycles. The Hall–Kier alpha value is -5.15. The van der Waals surface area contributed by atoms with Gasteiger partial charge >= 0.3 is 0 Å². The minimum atomic E-state index is 0.701. The molecule has 0 amide bonds. The van der Waals surface area contributed by atoms with Gasteiger partial charge in [0.05, 0.1) is 37.0 Å². The predicted octanol–water partition coefficient (Wildman–Crippen LogP) is 6.84. The van der Waals surface area contributed by atoms with E-state index >= 15 is 0 Å². The molecule has 7 rings (SSSR count). The van der Waals surface area contributed by atoms with Crippen LogP contribution in [0.1, 0.15) is 5.56 Å². The van der Waals surface area contributed by atoms with Crippen molar-refractivity contribution in [3.63, 3.8) is 0 Å². The van der Waals surface area contributed by atoms with E-state index in [0.717, 1.165) is 67.4 Å². The van der Waals surface area contributed by atoms with Crippen molar-refractivity contribution in [3.05, 3.63) is 115 Å². The second kappa shape index (κ2) is 11.0. The van der Waals surface area contributed by atoms with Crippen LogP contribution < -0.4 is 9.47 Å². The average Bonchev–Trinajstić information content (AvgIpc) is 3.70. The zero-order chi connectivity index (χ0) is 28.5. The number of thioether (sulfide) groups is 1. The van der Waals surface area contributed by atoms with E-state index in [1.165, 1.54) is 0 Å². The summed E-state index contributed by atoms with van der Waals surface area (Å²) in [4.78, 5) is 0. The molecule has 0 radical (unpaired) electrons. The van der Waals surface area contributed by atoms with Crippen molar-refractivity contribution in [2.45, 2.75) is 5.16 Å². The van der Waals surface area contributed by atoms with Crippen molar-refractivity contribution >= 4 is 17.5 Å². The van der Waals surface area contributed by atoms with Gasteiger partial charge in [0, 0.05) is 22.4 Å². The van der Waals surface area contributed by atoms with Crippen molar-refractivity contribution in [2.75, 3.05) is 20.0 Å². The van der Waals surface area contributed by atoms with Crippen LogP contribution in [0.4, 0.5) is 0 Å². The van der Waals surface area contributed by atoms with Gasteiger partial charge in [-0.1, -0.05) is 42.1 Å². The first-order valence-corrected chi connectivity index (χ1v) is 14.4. The fourth-order valence-corrected chi connectivity index (χ4v) is 5.72. The number of methoxy groups -OCH3 is 2. The van der Waals surface area contributed by atoms with Crippen LogP contribution in [-0.2, 0) is 0 Å². The Labute approximate surface area is 247 Å². The van der Waals surface area contributed by atoms with E-state index in [-0.39, 0.29) is 0 Å². The largest absolute Gasteiger partial charge is 0.497 e. The maximum Gasteiger partial charge on any atom is 0.212 e. The number of rotatable bonds is 7. The third-order valence-corrected chi connectivity index (χ3v) is 8.06. The summed E-state index contributed by atoms with van der Waals surface area (Å²) in [6.45, 7) is 0. The predicted molar refractivity (Wildman–Crippen MR) is 166 cm³/mol. The van der Waals surface area contributed by atoms with Crippen molar-refractivity contribution in [2.24, 2.45) is 5.10 Å². The topological polar surface area (TPSA) is 79.4 Å². The maximum absolute atomic E-state index is 5.38. The van der Waals surface area contributed by atoms with E-state index < -0.39 is 0 Å². The van der Waals surface area contributed by atoms with Crippen LogP contribution in [0.2, 0.25) is 0 Å². The van der Waals surface area contributed by atoms with Gasteiger partial charge in [0.15, 0.2) is 5.82 Å². The summed E-state index contributed by atoms with van der Waals surface area (Å²) in [5.41, 5.74) is 7.79. The molecule has 1 aliphatic heterocycles. The summed E-state index contributed by atoms with van der Waals surface area (Å²) in [5.74, 6) is 3.06. The lowest BCUT2D eigenvalue weighted by atomic mass is 10.1. The van der Waals surface area contributed by atoms with E-state index in [2.05, 4.69) is 28.4 Å². The Morgan fingerprint density at radius 1 is 0.667 bits per heavy atom. The number of ether oxygens (including phenoxy) is 2. The van der Waals surface area contributed by atoms with E-state index in [0.29, 0.717) is 5.82 Å². The first-order valence-electron chi connectivity index (χ1n) is 13.4. The lowest BCUT2D eigenvalue weighted by Crippen LogP contribution is -2.13. The molecule has 0 fully saturated rings. The average molecular weight is 571 g/mol. The normalized spacial score (nSPS) is 12.5. The third-order valence-electron chi connectivity index (χ3n) is 7.13. The number of hydrogen-bond donors (Lipinski definition) is 0. The van der Waals surface area contributed by atoms with Crippen LogP contribution in [0.15, 0.2) is 119 Å². The molecule has 0 spiro atoms. The smallest absolute Gasteiger partial charge is 0.212 e. The van der Waals surface area contributed by atoms with E-state index in [1.54, 1.807) is 26.0 Å². The highest BCUT2D eigenvalue weighted by molar-refractivity contribution is 7.99. The SMILES string of the molecule is COc1ccc(-c2cc(-c3ccc(OC)cc3)n(-c3ccc(-c4nnc5n4N=C(c4ccccc4)CS5)cc3)n2)cc1. The van der Waals surface area contributed by atoms with Crippen LogP contribution in [0.3, 0.4) is 0 Å². The monoisotopic (exact) mass is 570 g/mol. The Morgan fingerprint density at radius 3 is 1.98 bits per heavy atom. The number of hydrogen-bond acceptors (Lipinski definition) is 7. The Balaban J connectivity index is 1.26. The Morgan fingerprint density at radius 2 is 1.31 bits per heavy atom. The van der Waals surface area contributed by atoms with Crippen LogP contribution >= 0.6 is 11.8 Å². The molecule has 9 heteroatoms. The van der Waals surface area contributed by atoms with Gasteiger partial charge in [0.1, 0.15) is 11.5 Å². The second-order valence-corrected chi connectivity index (χ2v) is 10.6. The van der Waals surface area contributed by atoms with E-state index in [4.69, 9.17) is 19.7 Å². The molecule has 3 heterocycles. The highest BCUT2D eigenvalue weighted by Crippen LogP contribution is 2.32. The summed E-state index contributed by atoms with van der Waals surface area (Å²) in [6.07, 6.45) is 0. The Kier molecular flexibility index (Phi) is 6.77. The third kappa shape index (κ3) is 4.84. The molecule has 0 bridgehead atoms. The van der Waals surface area contributed by atoms with E-state index in [1.807, 2.05) is 100 Å². The molecule has 0 N–H and O–H groups in total. The summed E-state index contributed by atoms with van der Waals surface area (Å²) in [7, 11) is 3.33. The molecule has 1 aliphatic rings. The van der Waals surface area contributed by atoms with Crippen LogP contribution in [0.25, 0.3) is 39.6 Å². The molecular formula is C33H26N6O2S. The zero-order valence-corrected chi connectivity index (χ0v) is 23.8. The first-order chi connectivity index (χ1) is 20.7. The fourth-order valence-electron chi connectivity index (χ4n) is 4.88. The second-order valence-electron chi connectivity index (χ2n) is 9.65. The van der Waals surface area contributed by atoms with Gasteiger partial charge in [-0.3, -0.25) is 0 Å². The minimum absolute atomic E-state index is 0.701. The van der Waals surface area contributed by atoms with Crippen molar-refractivity contribution in [1.29, 1.82) is 0 Å². The molecule has 42 heavy (non-hydrogen) atoms. The van der Waals surface area contributed by atoms with Crippen molar-refractivity contribution in [1.82, 2.24) is 24.7 Å².